The van der Waals surface area contributed by atoms with Crippen LogP contribution in [-0.4, -0.2) is 23.4 Å². The van der Waals surface area contributed by atoms with E-state index in [1.165, 1.54) is 5.39 Å². The number of fused-ring (bicyclic) bond motifs is 2. The Morgan fingerprint density at radius 3 is 2.14 bits per heavy atom. The van der Waals surface area contributed by atoms with Crippen LogP contribution in [0, 0.1) is 0 Å². The molecule has 0 bridgehead atoms. The molecule has 2 heterocycles. The van der Waals surface area contributed by atoms with Crippen molar-refractivity contribution in [2.24, 2.45) is 0 Å². The molecule has 0 fully saturated rings. The summed E-state index contributed by atoms with van der Waals surface area (Å²) in [5, 5.41) is 1.20. The third-order valence-electron chi connectivity index (χ3n) is 2.84. The van der Waals surface area contributed by atoms with Crippen LogP contribution in [0.2, 0.25) is 0 Å². The Morgan fingerprint density at radius 2 is 1.38 bits per heavy atom. The van der Waals surface area contributed by atoms with E-state index in [2.05, 4.69) is 27.1 Å². The van der Waals surface area contributed by atoms with E-state index in [9.17, 15) is 0 Å². The maximum Gasteiger partial charge on any atom is 0.0931 e. The SMILES string of the molecule is F.[B].c1ccc2[nH]cnc2c1.c1ccc2ncccc2c1. The van der Waals surface area contributed by atoms with Crippen LogP contribution in [0.3, 0.4) is 0 Å². The van der Waals surface area contributed by atoms with Gasteiger partial charge in [0.1, 0.15) is 0 Å². The first-order valence-corrected chi connectivity index (χ1v) is 6.11. The van der Waals surface area contributed by atoms with E-state index in [1.807, 2.05) is 54.7 Å². The van der Waals surface area contributed by atoms with E-state index in [4.69, 9.17) is 0 Å². The predicted octanol–water partition coefficient (Wildman–Crippen LogP) is 3.57. The van der Waals surface area contributed by atoms with Crippen molar-refractivity contribution in [3.63, 3.8) is 0 Å². The maximum atomic E-state index is 4.18. The average Bonchev–Trinajstić information content (AvgIpc) is 2.96. The van der Waals surface area contributed by atoms with E-state index < -0.39 is 0 Å². The summed E-state index contributed by atoms with van der Waals surface area (Å²) in [6.45, 7) is 0. The van der Waals surface area contributed by atoms with Crippen LogP contribution in [0.5, 0.6) is 0 Å². The Balaban J connectivity index is 0.000000192. The van der Waals surface area contributed by atoms with Gasteiger partial charge in [-0.2, -0.15) is 0 Å². The number of imidazole rings is 1. The lowest BCUT2D eigenvalue weighted by atomic mass is 10.2. The normalized spacial score (nSPS) is 9.14. The van der Waals surface area contributed by atoms with Crippen molar-refractivity contribution < 1.29 is 4.70 Å². The van der Waals surface area contributed by atoms with Crippen LogP contribution < -0.4 is 0 Å². The van der Waals surface area contributed by atoms with Crippen molar-refractivity contribution in [2.45, 2.75) is 0 Å². The number of hydrogen-bond donors (Lipinski definition) is 1. The van der Waals surface area contributed by atoms with Crippen LogP contribution in [-0.2, 0) is 0 Å². The molecule has 5 heteroatoms. The second kappa shape index (κ2) is 7.80. The standard InChI is InChI=1S/C9H7N.C7H6N2.B.FH/c1-2-6-9-8(4-1)5-3-7-10-9;1-2-4-7-6(3-1)8-5-9-7;;/h1-7H;1-5H,(H,8,9);;1H. The molecular formula is C16H14BFN3. The summed E-state index contributed by atoms with van der Waals surface area (Å²) in [5.41, 5.74) is 3.18. The summed E-state index contributed by atoms with van der Waals surface area (Å²) < 4.78 is 0. The smallest absolute Gasteiger partial charge is 0.0931 e. The molecule has 2 aromatic heterocycles. The van der Waals surface area contributed by atoms with Crippen molar-refractivity contribution in [3.8, 4) is 0 Å². The number of halogens is 1. The van der Waals surface area contributed by atoms with Gasteiger partial charge in [-0.25, -0.2) is 4.98 Å². The number of hydrogen-bond acceptors (Lipinski definition) is 2. The highest BCUT2D eigenvalue weighted by atomic mass is 19.0. The van der Waals surface area contributed by atoms with E-state index in [0.29, 0.717) is 0 Å². The van der Waals surface area contributed by atoms with Crippen LogP contribution in [0.1, 0.15) is 0 Å². The van der Waals surface area contributed by atoms with E-state index in [-0.39, 0.29) is 13.1 Å². The molecule has 0 saturated heterocycles. The molecule has 4 rings (SSSR count). The van der Waals surface area contributed by atoms with Gasteiger partial charge in [0.15, 0.2) is 0 Å². The lowest BCUT2D eigenvalue weighted by molar-refractivity contribution is 1.11. The highest BCUT2D eigenvalue weighted by Crippen LogP contribution is 2.08. The number of H-pyrrole nitrogens is 1. The van der Waals surface area contributed by atoms with Gasteiger partial charge >= 0.3 is 0 Å². The van der Waals surface area contributed by atoms with E-state index in [1.54, 1.807) is 6.33 Å². The molecule has 3 radical (unpaired) electrons. The highest BCUT2D eigenvalue weighted by Gasteiger charge is 1.88. The average molecular weight is 278 g/mol. The van der Waals surface area contributed by atoms with Crippen molar-refractivity contribution >= 4 is 30.3 Å². The third kappa shape index (κ3) is 3.89. The first-order valence-electron chi connectivity index (χ1n) is 6.11. The summed E-state index contributed by atoms with van der Waals surface area (Å²) in [6.07, 6.45) is 3.51. The van der Waals surface area contributed by atoms with Crippen LogP contribution in [0.15, 0.2) is 73.2 Å². The molecular weight excluding hydrogens is 264 g/mol. The van der Waals surface area contributed by atoms with Gasteiger partial charge in [0, 0.05) is 20.0 Å². The number of para-hydroxylation sites is 3. The van der Waals surface area contributed by atoms with Crippen LogP contribution in [0.25, 0.3) is 21.9 Å². The summed E-state index contributed by atoms with van der Waals surface area (Å²) in [7, 11) is 0. The molecule has 0 atom stereocenters. The predicted molar refractivity (Wildman–Crippen MR) is 86.1 cm³/mol. The minimum atomic E-state index is 0. The van der Waals surface area contributed by atoms with Gasteiger partial charge in [-0.15, -0.1) is 0 Å². The number of benzene rings is 2. The minimum Gasteiger partial charge on any atom is -0.345 e. The molecule has 0 saturated carbocycles. The second-order valence-corrected chi connectivity index (χ2v) is 4.12. The van der Waals surface area contributed by atoms with Crippen molar-refractivity contribution in [1.29, 1.82) is 0 Å². The van der Waals surface area contributed by atoms with Gasteiger partial charge in [0.2, 0.25) is 0 Å². The third-order valence-corrected chi connectivity index (χ3v) is 2.84. The number of nitrogens with zero attached hydrogens (tertiary/aromatic N) is 2. The van der Waals surface area contributed by atoms with Gasteiger partial charge in [-0.05, 0) is 24.3 Å². The summed E-state index contributed by atoms with van der Waals surface area (Å²) in [4.78, 5) is 11.3. The lowest BCUT2D eigenvalue weighted by Gasteiger charge is -1.91. The zero-order valence-electron chi connectivity index (χ0n) is 11.3. The molecule has 0 amide bonds. The molecule has 0 aliphatic rings. The molecule has 0 aliphatic heterocycles. The highest BCUT2D eigenvalue weighted by molar-refractivity contribution is 5.77. The molecule has 0 aliphatic carbocycles. The number of aromatic nitrogens is 3. The number of aromatic amines is 1. The number of nitrogens with one attached hydrogen (secondary N) is 1. The van der Waals surface area contributed by atoms with Gasteiger partial charge in [-0.1, -0.05) is 36.4 Å². The van der Waals surface area contributed by atoms with E-state index in [0.717, 1.165) is 16.6 Å². The molecule has 3 nitrogen and oxygen atoms in total. The van der Waals surface area contributed by atoms with Gasteiger partial charge in [-0.3, -0.25) is 9.69 Å². The number of pyridine rings is 1. The van der Waals surface area contributed by atoms with Crippen LogP contribution in [0.4, 0.5) is 4.70 Å². The monoisotopic (exact) mass is 278 g/mol. The first kappa shape index (κ1) is 16.4. The van der Waals surface area contributed by atoms with Gasteiger partial charge < -0.3 is 4.98 Å². The zero-order chi connectivity index (χ0) is 12.9. The van der Waals surface area contributed by atoms with E-state index >= 15 is 0 Å². The van der Waals surface area contributed by atoms with Crippen molar-refractivity contribution in [2.75, 3.05) is 0 Å². The fourth-order valence-corrected chi connectivity index (χ4v) is 1.90. The molecule has 2 aromatic carbocycles. The summed E-state index contributed by atoms with van der Waals surface area (Å²) >= 11 is 0. The first-order chi connectivity index (χ1) is 9.43. The molecule has 21 heavy (non-hydrogen) atoms. The molecule has 1 N–H and O–H groups in total. The number of rotatable bonds is 0. The largest absolute Gasteiger partial charge is 0.345 e. The molecule has 103 valence electrons. The topological polar surface area (TPSA) is 41.6 Å². The Morgan fingerprint density at radius 1 is 0.714 bits per heavy atom. The maximum absolute atomic E-state index is 4.18. The van der Waals surface area contributed by atoms with Gasteiger partial charge in [0.25, 0.3) is 0 Å². The van der Waals surface area contributed by atoms with Gasteiger partial charge in [0.05, 0.1) is 22.9 Å². The fraction of sp³-hybridized carbons (Fsp3) is 0. The van der Waals surface area contributed by atoms with Crippen molar-refractivity contribution in [1.82, 2.24) is 15.0 Å². The Labute approximate surface area is 124 Å². The summed E-state index contributed by atoms with van der Waals surface area (Å²) in [6, 6.07) is 20.0. The summed E-state index contributed by atoms with van der Waals surface area (Å²) in [5.74, 6) is 0. The molecule has 4 aromatic rings. The lowest BCUT2D eigenvalue weighted by Crippen LogP contribution is -1.73. The molecule has 0 spiro atoms. The molecule has 0 unspecified atom stereocenters. The fourth-order valence-electron chi connectivity index (χ4n) is 1.90. The Bertz CT molecular complexity index is 706. The van der Waals surface area contributed by atoms with Crippen LogP contribution >= 0.6 is 0 Å². The zero-order valence-corrected chi connectivity index (χ0v) is 11.3. The Kier molecular flexibility index (Phi) is 6.08. The minimum absolute atomic E-state index is 0. The van der Waals surface area contributed by atoms with Crippen molar-refractivity contribution in [3.05, 3.63) is 73.2 Å². The quantitative estimate of drug-likeness (QED) is 0.499. The Hall–Kier alpha value is -2.69. The second-order valence-electron chi connectivity index (χ2n) is 4.12.